The summed E-state index contributed by atoms with van der Waals surface area (Å²) in [6.45, 7) is 5.20. The van der Waals surface area contributed by atoms with E-state index in [-0.39, 0.29) is 6.54 Å². The maximum atomic E-state index is 12.5. The number of nitrogens with one attached hydrogen (secondary N) is 1. The molecule has 0 saturated heterocycles. The fourth-order valence-electron chi connectivity index (χ4n) is 2.84. The molecule has 1 N–H and O–H groups in total. The van der Waals surface area contributed by atoms with Gasteiger partial charge in [0, 0.05) is 5.02 Å². The van der Waals surface area contributed by atoms with Gasteiger partial charge in [0.1, 0.15) is 6.54 Å². The third kappa shape index (κ3) is 4.90. The van der Waals surface area contributed by atoms with Gasteiger partial charge in [0.2, 0.25) is 15.9 Å². The van der Waals surface area contributed by atoms with Gasteiger partial charge in [-0.25, -0.2) is 8.42 Å². The van der Waals surface area contributed by atoms with E-state index in [1.54, 1.807) is 12.1 Å². The number of aryl methyl sites for hydroxylation is 3. The smallest absolute Gasteiger partial charge is 0.245 e. The number of hydrogen-bond donors (Lipinski definition) is 1. The number of carbonyl (C=O) groups is 1. The highest BCUT2D eigenvalue weighted by molar-refractivity contribution is 7.92. The summed E-state index contributed by atoms with van der Waals surface area (Å²) in [4.78, 5) is 12.5. The minimum absolute atomic E-state index is 0.316. The third-order valence-electron chi connectivity index (χ3n) is 3.77. The molecule has 0 bridgehead atoms. The highest BCUT2D eigenvalue weighted by Gasteiger charge is 2.24. The minimum Gasteiger partial charge on any atom is -0.323 e. The molecule has 140 valence electrons. The second-order valence-electron chi connectivity index (χ2n) is 6.19. The van der Waals surface area contributed by atoms with E-state index in [1.807, 2.05) is 32.9 Å². The van der Waals surface area contributed by atoms with E-state index in [9.17, 15) is 13.2 Å². The average Bonchev–Trinajstić information content (AvgIpc) is 2.48. The van der Waals surface area contributed by atoms with Crippen molar-refractivity contribution in [2.24, 2.45) is 0 Å². The summed E-state index contributed by atoms with van der Waals surface area (Å²) >= 11 is 12.0. The van der Waals surface area contributed by atoms with Crippen LogP contribution in [0.3, 0.4) is 0 Å². The molecule has 0 spiro atoms. The van der Waals surface area contributed by atoms with Crippen LogP contribution in [-0.4, -0.2) is 27.1 Å². The van der Waals surface area contributed by atoms with Crippen LogP contribution in [0.1, 0.15) is 16.7 Å². The highest BCUT2D eigenvalue weighted by atomic mass is 35.5. The van der Waals surface area contributed by atoms with Crippen molar-refractivity contribution in [1.29, 1.82) is 0 Å². The van der Waals surface area contributed by atoms with Gasteiger partial charge in [0.25, 0.3) is 0 Å². The van der Waals surface area contributed by atoms with E-state index in [0.29, 0.717) is 21.4 Å². The monoisotopic (exact) mass is 414 g/mol. The molecule has 0 aliphatic carbocycles. The number of nitrogens with zero attached hydrogens (tertiary/aromatic N) is 1. The average molecular weight is 415 g/mol. The summed E-state index contributed by atoms with van der Waals surface area (Å²) in [5.41, 5.74) is 3.41. The Morgan fingerprint density at radius 2 is 1.65 bits per heavy atom. The molecule has 2 aromatic carbocycles. The van der Waals surface area contributed by atoms with Gasteiger partial charge >= 0.3 is 0 Å². The number of hydrogen-bond acceptors (Lipinski definition) is 3. The van der Waals surface area contributed by atoms with Crippen LogP contribution in [0, 0.1) is 20.8 Å². The van der Waals surface area contributed by atoms with E-state index in [2.05, 4.69) is 5.32 Å². The van der Waals surface area contributed by atoms with Gasteiger partial charge in [-0.1, -0.05) is 40.9 Å². The van der Waals surface area contributed by atoms with Crippen LogP contribution in [0.2, 0.25) is 10.0 Å². The van der Waals surface area contributed by atoms with Gasteiger partial charge in [-0.15, -0.1) is 0 Å². The Labute approximate surface area is 164 Å². The lowest BCUT2D eigenvalue weighted by Crippen LogP contribution is -2.38. The first-order chi connectivity index (χ1) is 12.0. The Morgan fingerprint density at radius 3 is 2.19 bits per heavy atom. The summed E-state index contributed by atoms with van der Waals surface area (Å²) in [7, 11) is -3.67. The molecule has 8 heteroatoms. The van der Waals surface area contributed by atoms with Gasteiger partial charge in [-0.05, 0) is 50.1 Å². The molecule has 0 heterocycles. The van der Waals surface area contributed by atoms with Crippen molar-refractivity contribution in [2.75, 3.05) is 22.4 Å². The molecule has 0 saturated carbocycles. The molecule has 2 aromatic rings. The maximum Gasteiger partial charge on any atom is 0.245 e. The van der Waals surface area contributed by atoms with E-state index in [4.69, 9.17) is 23.2 Å². The van der Waals surface area contributed by atoms with Gasteiger partial charge in [0.15, 0.2) is 0 Å². The van der Waals surface area contributed by atoms with Crippen molar-refractivity contribution in [3.8, 4) is 0 Å². The van der Waals surface area contributed by atoms with Crippen LogP contribution in [0.4, 0.5) is 11.4 Å². The molecule has 0 aliphatic heterocycles. The first-order valence-electron chi connectivity index (χ1n) is 7.79. The Bertz CT molecular complexity index is 936. The molecule has 5 nitrogen and oxygen atoms in total. The molecule has 0 aliphatic rings. The maximum absolute atomic E-state index is 12.5. The lowest BCUT2D eigenvalue weighted by atomic mass is 10.1. The van der Waals surface area contributed by atoms with Crippen molar-refractivity contribution in [3.63, 3.8) is 0 Å². The molecule has 0 unspecified atom stereocenters. The van der Waals surface area contributed by atoms with Gasteiger partial charge in [-0.3, -0.25) is 9.10 Å². The van der Waals surface area contributed by atoms with Gasteiger partial charge in [-0.2, -0.15) is 0 Å². The third-order valence-corrected chi connectivity index (χ3v) is 5.45. The topological polar surface area (TPSA) is 66.5 Å². The fraction of sp³-hybridized carbons (Fsp3) is 0.278. The van der Waals surface area contributed by atoms with Crippen LogP contribution >= 0.6 is 23.2 Å². The minimum atomic E-state index is -3.67. The lowest BCUT2D eigenvalue weighted by molar-refractivity contribution is -0.114. The zero-order valence-electron chi connectivity index (χ0n) is 14.9. The van der Waals surface area contributed by atoms with Gasteiger partial charge < -0.3 is 5.32 Å². The molecular formula is C18H20Cl2N2O3S. The summed E-state index contributed by atoms with van der Waals surface area (Å²) in [5.74, 6) is -0.515. The Kier molecular flexibility index (Phi) is 6.21. The predicted octanol–water partition coefficient (Wildman–Crippen LogP) is 4.32. The summed E-state index contributed by atoms with van der Waals surface area (Å²) in [6, 6.07) is 8.43. The number of sulfonamides is 1. The Morgan fingerprint density at radius 1 is 1.08 bits per heavy atom. The summed E-state index contributed by atoms with van der Waals surface area (Å²) in [5, 5.41) is 3.34. The fourth-order valence-corrected chi connectivity index (χ4v) is 4.15. The van der Waals surface area contributed by atoms with Crippen molar-refractivity contribution < 1.29 is 13.2 Å². The van der Waals surface area contributed by atoms with Crippen LogP contribution in [0.5, 0.6) is 0 Å². The SMILES string of the molecule is Cc1cc(C)c(N(CC(=O)Nc2cc(Cl)ccc2Cl)S(C)(=O)=O)c(C)c1. The Balaban J connectivity index is 2.36. The summed E-state index contributed by atoms with van der Waals surface area (Å²) in [6.07, 6.45) is 1.07. The molecular weight excluding hydrogens is 395 g/mol. The number of rotatable bonds is 5. The molecule has 0 atom stereocenters. The normalized spacial score (nSPS) is 11.3. The second-order valence-corrected chi connectivity index (χ2v) is 8.94. The first kappa shape index (κ1) is 20.6. The number of halogens is 2. The molecule has 0 fully saturated rings. The highest BCUT2D eigenvalue weighted by Crippen LogP contribution is 2.29. The van der Waals surface area contributed by atoms with E-state index in [0.717, 1.165) is 27.3 Å². The molecule has 1 amide bonds. The molecule has 0 radical (unpaired) electrons. The van der Waals surface area contributed by atoms with E-state index in [1.165, 1.54) is 6.07 Å². The lowest BCUT2D eigenvalue weighted by Gasteiger charge is -2.26. The van der Waals surface area contributed by atoms with Crippen molar-refractivity contribution >= 4 is 50.5 Å². The van der Waals surface area contributed by atoms with Crippen molar-refractivity contribution in [2.45, 2.75) is 20.8 Å². The zero-order valence-corrected chi connectivity index (χ0v) is 17.3. The number of carbonyl (C=O) groups excluding carboxylic acids is 1. The van der Waals surface area contributed by atoms with E-state index >= 15 is 0 Å². The van der Waals surface area contributed by atoms with Crippen molar-refractivity contribution in [3.05, 3.63) is 57.1 Å². The van der Waals surface area contributed by atoms with E-state index < -0.39 is 15.9 Å². The second kappa shape index (κ2) is 7.86. The molecule has 2 rings (SSSR count). The van der Waals surface area contributed by atoms with Crippen LogP contribution in [-0.2, 0) is 14.8 Å². The quantitative estimate of drug-likeness (QED) is 0.791. The van der Waals surface area contributed by atoms with Crippen LogP contribution < -0.4 is 9.62 Å². The predicted molar refractivity (Wildman–Crippen MR) is 108 cm³/mol. The Hall–Kier alpha value is -1.76. The number of anilines is 2. The van der Waals surface area contributed by atoms with Crippen LogP contribution in [0.25, 0.3) is 0 Å². The molecule has 0 aromatic heterocycles. The number of amides is 1. The van der Waals surface area contributed by atoms with Crippen molar-refractivity contribution in [1.82, 2.24) is 0 Å². The largest absolute Gasteiger partial charge is 0.323 e. The first-order valence-corrected chi connectivity index (χ1v) is 10.4. The number of benzene rings is 2. The van der Waals surface area contributed by atoms with Crippen LogP contribution in [0.15, 0.2) is 30.3 Å². The molecule has 26 heavy (non-hydrogen) atoms. The van der Waals surface area contributed by atoms with Gasteiger partial charge in [0.05, 0.1) is 22.7 Å². The summed E-state index contributed by atoms with van der Waals surface area (Å²) < 4.78 is 25.8. The zero-order chi connectivity index (χ0) is 19.6. The standard InChI is InChI=1S/C18H20Cl2N2O3S/c1-11-7-12(2)18(13(3)8-11)22(26(4,24)25)10-17(23)21-16-9-14(19)5-6-15(16)20/h5-9H,10H2,1-4H3,(H,21,23).